The third kappa shape index (κ3) is 2.69. The van der Waals surface area contributed by atoms with Crippen molar-refractivity contribution in [2.24, 2.45) is 11.8 Å². The SMILES string of the molecule is CC1CC1CNC(=O)c1ccc(Cl)nc1. The number of aromatic nitrogens is 1. The smallest absolute Gasteiger partial charge is 0.252 e. The molecule has 1 aliphatic carbocycles. The monoisotopic (exact) mass is 224 g/mol. The molecule has 1 fully saturated rings. The van der Waals surface area contributed by atoms with Crippen molar-refractivity contribution in [1.82, 2.24) is 10.3 Å². The first-order chi connectivity index (χ1) is 7.16. The van der Waals surface area contributed by atoms with Gasteiger partial charge in [0.2, 0.25) is 0 Å². The van der Waals surface area contributed by atoms with E-state index in [1.54, 1.807) is 12.1 Å². The van der Waals surface area contributed by atoms with Crippen LogP contribution >= 0.6 is 11.6 Å². The average Bonchev–Trinajstić information content (AvgIpc) is 2.92. The fourth-order valence-corrected chi connectivity index (χ4v) is 1.63. The predicted molar refractivity (Wildman–Crippen MR) is 58.9 cm³/mol. The van der Waals surface area contributed by atoms with E-state index in [0.717, 1.165) is 12.5 Å². The second-order valence-corrected chi connectivity index (χ2v) is 4.44. The third-order valence-corrected chi connectivity index (χ3v) is 3.01. The van der Waals surface area contributed by atoms with Gasteiger partial charge in [-0.2, -0.15) is 0 Å². The molecule has 2 rings (SSSR count). The van der Waals surface area contributed by atoms with Crippen LogP contribution in [-0.4, -0.2) is 17.4 Å². The summed E-state index contributed by atoms with van der Waals surface area (Å²) in [6.07, 6.45) is 2.72. The van der Waals surface area contributed by atoms with Crippen LogP contribution in [0.2, 0.25) is 5.15 Å². The molecule has 80 valence electrons. The van der Waals surface area contributed by atoms with Crippen molar-refractivity contribution in [2.75, 3.05) is 6.54 Å². The van der Waals surface area contributed by atoms with Gasteiger partial charge in [0.1, 0.15) is 5.15 Å². The summed E-state index contributed by atoms with van der Waals surface area (Å²) in [4.78, 5) is 15.5. The van der Waals surface area contributed by atoms with Gasteiger partial charge in [0.15, 0.2) is 0 Å². The quantitative estimate of drug-likeness (QED) is 0.800. The zero-order chi connectivity index (χ0) is 10.8. The Hall–Kier alpha value is -1.09. The number of nitrogens with zero attached hydrogens (tertiary/aromatic N) is 1. The molecule has 0 saturated heterocycles. The lowest BCUT2D eigenvalue weighted by molar-refractivity contribution is 0.0951. The molecule has 0 spiro atoms. The fraction of sp³-hybridized carbons (Fsp3) is 0.455. The van der Waals surface area contributed by atoms with Crippen LogP contribution in [0.3, 0.4) is 0 Å². The van der Waals surface area contributed by atoms with E-state index in [0.29, 0.717) is 16.6 Å². The number of hydrogen-bond acceptors (Lipinski definition) is 2. The summed E-state index contributed by atoms with van der Waals surface area (Å²) in [6.45, 7) is 2.96. The number of pyridine rings is 1. The summed E-state index contributed by atoms with van der Waals surface area (Å²) < 4.78 is 0. The standard InChI is InChI=1S/C11H13ClN2O/c1-7-4-9(7)6-14-11(15)8-2-3-10(12)13-5-8/h2-3,5,7,9H,4,6H2,1H3,(H,14,15). The summed E-state index contributed by atoms with van der Waals surface area (Å²) in [5.74, 6) is 1.35. The van der Waals surface area contributed by atoms with Gasteiger partial charge in [0.05, 0.1) is 5.56 Å². The van der Waals surface area contributed by atoms with Crippen molar-refractivity contribution in [2.45, 2.75) is 13.3 Å². The first kappa shape index (κ1) is 10.4. The molecule has 1 saturated carbocycles. The molecule has 0 aromatic carbocycles. The lowest BCUT2D eigenvalue weighted by Crippen LogP contribution is -2.25. The normalized spacial score (nSPS) is 23.6. The summed E-state index contributed by atoms with van der Waals surface area (Å²) in [5, 5.41) is 3.29. The highest BCUT2D eigenvalue weighted by atomic mass is 35.5. The number of halogens is 1. The topological polar surface area (TPSA) is 42.0 Å². The van der Waals surface area contributed by atoms with Crippen molar-refractivity contribution in [3.05, 3.63) is 29.0 Å². The lowest BCUT2D eigenvalue weighted by Gasteiger charge is -2.03. The van der Waals surface area contributed by atoms with E-state index >= 15 is 0 Å². The number of amides is 1. The van der Waals surface area contributed by atoms with Crippen LogP contribution in [0, 0.1) is 11.8 Å². The largest absolute Gasteiger partial charge is 0.352 e. The minimum Gasteiger partial charge on any atom is -0.352 e. The minimum atomic E-state index is -0.0710. The summed E-state index contributed by atoms with van der Waals surface area (Å²) >= 11 is 5.63. The van der Waals surface area contributed by atoms with E-state index in [1.165, 1.54) is 12.6 Å². The Labute approximate surface area is 93.8 Å². The highest BCUT2D eigenvalue weighted by molar-refractivity contribution is 6.29. The van der Waals surface area contributed by atoms with Gasteiger partial charge in [-0.3, -0.25) is 4.79 Å². The van der Waals surface area contributed by atoms with E-state index in [-0.39, 0.29) is 5.91 Å². The predicted octanol–water partition coefficient (Wildman–Crippen LogP) is 2.12. The van der Waals surface area contributed by atoms with Crippen LogP contribution in [0.5, 0.6) is 0 Å². The van der Waals surface area contributed by atoms with Crippen LogP contribution in [0.1, 0.15) is 23.7 Å². The van der Waals surface area contributed by atoms with Crippen molar-refractivity contribution in [3.8, 4) is 0 Å². The van der Waals surface area contributed by atoms with Crippen molar-refractivity contribution < 1.29 is 4.79 Å². The maximum Gasteiger partial charge on any atom is 0.252 e. The third-order valence-electron chi connectivity index (χ3n) is 2.79. The highest BCUT2D eigenvalue weighted by Crippen LogP contribution is 2.36. The van der Waals surface area contributed by atoms with Crippen molar-refractivity contribution in [3.63, 3.8) is 0 Å². The molecule has 0 radical (unpaired) electrons. The molecule has 1 aromatic rings. The van der Waals surface area contributed by atoms with Gasteiger partial charge in [-0.15, -0.1) is 0 Å². The fourth-order valence-electron chi connectivity index (χ4n) is 1.52. The molecule has 1 amide bonds. The van der Waals surface area contributed by atoms with E-state index in [4.69, 9.17) is 11.6 Å². The molecule has 2 unspecified atom stereocenters. The molecule has 15 heavy (non-hydrogen) atoms. The molecule has 1 heterocycles. The van der Waals surface area contributed by atoms with Crippen molar-refractivity contribution in [1.29, 1.82) is 0 Å². The molecule has 1 aliphatic rings. The molecule has 1 N–H and O–H groups in total. The average molecular weight is 225 g/mol. The van der Waals surface area contributed by atoms with Crippen LogP contribution < -0.4 is 5.32 Å². The summed E-state index contributed by atoms with van der Waals surface area (Å²) in [5.41, 5.74) is 0.563. The van der Waals surface area contributed by atoms with E-state index < -0.39 is 0 Å². The van der Waals surface area contributed by atoms with E-state index in [1.807, 2.05) is 0 Å². The Morgan fingerprint density at radius 2 is 2.40 bits per heavy atom. The highest BCUT2D eigenvalue weighted by Gasteiger charge is 2.32. The van der Waals surface area contributed by atoms with Gasteiger partial charge in [-0.05, 0) is 30.4 Å². The summed E-state index contributed by atoms with van der Waals surface area (Å²) in [6, 6.07) is 3.30. The van der Waals surface area contributed by atoms with Gasteiger partial charge in [0.25, 0.3) is 5.91 Å². The number of hydrogen-bond donors (Lipinski definition) is 1. The van der Waals surface area contributed by atoms with Crippen molar-refractivity contribution >= 4 is 17.5 Å². The Balaban J connectivity index is 1.87. The van der Waals surface area contributed by atoms with E-state index in [9.17, 15) is 4.79 Å². The molecule has 0 bridgehead atoms. The maximum atomic E-state index is 11.6. The van der Waals surface area contributed by atoms with Gasteiger partial charge < -0.3 is 5.32 Å². The first-order valence-electron chi connectivity index (χ1n) is 5.06. The molecule has 1 aromatic heterocycles. The molecule has 3 nitrogen and oxygen atoms in total. The van der Waals surface area contributed by atoms with Crippen LogP contribution in [-0.2, 0) is 0 Å². The zero-order valence-electron chi connectivity index (χ0n) is 8.53. The van der Waals surface area contributed by atoms with Crippen LogP contribution in [0.4, 0.5) is 0 Å². The van der Waals surface area contributed by atoms with Gasteiger partial charge in [0, 0.05) is 12.7 Å². The van der Waals surface area contributed by atoms with Gasteiger partial charge in [-0.25, -0.2) is 4.98 Å². The Morgan fingerprint density at radius 1 is 1.67 bits per heavy atom. The van der Waals surface area contributed by atoms with Gasteiger partial charge >= 0.3 is 0 Å². The van der Waals surface area contributed by atoms with E-state index in [2.05, 4.69) is 17.2 Å². The molecular formula is C11H13ClN2O. The number of nitrogens with one attached hydrogen (secondary N) is 1. The van der Waals surface area contributed by atoms with Gasteiger partial charge in [-0.1, -0.05) is 18.5 Å². The molecular weight excluding hydrogens is 212 g/mol. The number of rotatable bonds is 3. The number of carbonyl (C=O) groups is 1. The Kier molecular flexibility index (Phi) is 2.91. The summed E-state index contributed by atoms with van der Waals surface area (Å²) in [7, 11) is 0. The van der Waals surface area contributed by atoms with Crippen LogP contribution in [0.25, 0.3) is 0 Å². The maximum absolute atomic E-state index is 11.6. The molecule has 0 aliphatic heterocycles. The second kappa shape index (κ2) is 4.19. The Bertz CT molecular complexity index is 363. The number of carbonyl (C=O) groups excluding carboxylic acids is 1. The van der Waals surface area contributed by atoms with Crippen LogP contribution in [0.15, 0.2) is 18.3 Å². The second-order valence-electron chi connectivity index (χ2n) is 4.05. The molecule has 2 atom stereocenters. The first-order valence-corrected chi connectivity index (χ1v) is 5.44. The minimum absolute atomic E-state index is 0.0710. The zero-order valence-corrected chi connectivity index (χ0v) is 9.29. The Morgan fingerprint density at radius 3 is 2.93 bits per heavy atom. The molecule has 4 heteroatoms. The lowest BCUT2D eigenvalue weighted by atomic mass is 10.2.